The SMILES string of the molecule is CCCCCSCC(C)c1cccc(CN(C)C)c1O. The molecule has 0 aliphatic carbocycles. The number of aromatic hydroxyl groups is 1. The average molecular weight is 295 g/mol. The van der Waals surface area contributed by atoms with Crippen LogP contribution in [0.15, 0.2) is 18.2 Å². The van der Waals surface area contributed by atoms with Crippen molar-refractivity contribution in [1.29, 1.82) is 0 Å². The topological polar surface area (TPSA) is 23.5 Å². The molecule has 1 N–H and O–H groups in total. The standard InChI is InChI=1S/C17H29NOS/c1-5-6-7-11-20-13-14(2)16-10-8-9-15(17(16)19)12-18(3)4/h8-10,14,19H,5-7,11-13H2,1-4H3. The van der Waals surface area contributed by atoms with E-state index in [-0.39, 0.29) is 0 Å². The Bertz CT molecular complexity index is 393. The van der Waals surface area contributed by atoms with E-state index in [2.05, 4.69) is 30.9 Å². The molecule has 1 rings (SSSR count). The molecular formula is C17H29NOS. The molecule has 0 aromatic heterocycles. The van der Waals surface area contributed by atoms with Crippen LogP contribution < -0.4 is 0 Å². The number of para-hydroxylation sites is 1. The summed E-state index contributed by atoms with van der Waals surface area (Å²) in [5.41, 5.74) is 2.11. The fourth-order valence-electron chi connectivity index (χ4n) is 2.28. The summed E-state index contributed by atoms with van der Waals surface area (Å²) in [6, 6.07) is 6.14. The van der Waals surface area contributed by atoms with Crippen LogP contribution in [-0.4, -0.2) is 35.6 Å². The lowest BCUT2D eigenvalue weighted by molar-refractivity contribution is 0.383. The number of hydrogen-bond donors (Lipinski definition) is 1. The molecule has 2 nitrogen and oxygen atoms in total. The third-order valence-corrected chi connectivity index (χ3v) is 4.74. The highest BCUT2D eigenvalue weighted by Crippen LogP contribution is 2.31. The zero-order valence-corrected chi connectivity index (χ0v) is 14.2. The number of phenols is 1. The summed E-state index contributed by atoms with van der Waals surface area (Å²) in [5.74, 6) is 3.21. The Morgan fingerprint density at radius 2 is 2.00 bits per heavy atom. The average Bonchev–Trinajstić information content (AvgIpc) is 2.40. The Morgan fingerprint density at radius 1 is 1.25 bits per heavy atom. The van der Waals surface area contributed by atoms with Crippen molar-refractivity contribution in [2.45, 2.75) is 45.6 Å². The third kappa shape index (κ3) is 5.76. The quantitative estimate of drug-likeness (QED) is 0.679. The molecule has 114 valence electrons. The van der Waals surface area contributed by atoms with Crippen molar-refractivity contribution in [2.75, 3.05) is 25.6 Å². The van der Waals surface area contributed by atoms with Gasteiger partial charge in [0.15, 0.2) is 0 Å². The van der Waals surface area contributed by atoms with Crippen LogP contribution >= 0.6 is 11.8 Å². The predicted molar refractivity (Wildman–Crippen MR) is 90.8 cm³/mol. The fraction of sp³-hybridized carbons (Fsp3) is 0.647. The second-order valence-corrected chi connectivity index (χ2v) is 6.93. The van der Waals surface area contributed by atoms with E-state index in [1.165, 1.54) is 25.0 Å². The van der Waals surface area contributed by atoms with E-state index in [1.54, 1.807) is 0 Å². The highest BCUT2D eigenvalue weighted by atomic mass is 32.2. The smallest absolute Gasteiger partial charge is 0.123 e. The van der Waals surface area contributed by atoms with Crippen LogP contribution in [0.3, 0.4) is 0 Å². The van der Waals surface area contributed by atoms with Crippen LogP contribution in [0.4, 0.5) is 0 Å². The largest absolute Gasteiger partial charge is 0.507 e. The zero-order chi connectivity index (χ0) is 15.0. The molecule has 0 bridgehead atoms. The third-order valence-electron chi connectivity index (χ3n) is 3.43. The second-order valence-electron chi connectivity index (χ2n) is 5.78. The lowest BCUT2D eigenvalue weighted by atomic mass is 9.99. The Balaban J connectivity index is 2.56. The minimum Gasteiger partial charge on any atom is -0.507 e. The van der Waals surface area contributed by atoms with E-state index in [4.69, 9.17) is 0 Å². The Hall–Kier alpha value is -0.670. The zero-order valence-electron chi connectivity index (χ0n) is 13.4. The Kier molecular flexibility index (Phi) is 8.08. The molecule has 0 fully saturated rings. The minimum atomic E-state index is 0.406. The summed E-state index contributed by atoms with van der Waals surface area (Å²) < 4.78 is 0. The van der Waals surface area contributed by atoms with Gasteiger partial charge in [0.1, 0.15) is 5.75 Å². The Labute approximate surface area is 128 Å². The van der Waals surface area contributed by atoms with Gasteiger partial charge in [0, 0.05) is 17.9 Å². The van der Waals surface area contributed by atoms with E-state index in [9.17, 15) is 5.11 Å². The molecule has 0 saturated carbocycles. The number of hydrogen-bond acceptors (Lipinski definition) is 3. The number of benzene rings is 1. The molecule has 0 aliphatic heterocycles. The van der Waals surface area contributed by atoms with Crippen molar-refractivity contribution in [3.8, 4) is 5.75 Å². The van der Waals surface area contributed by atoms with Crippen LogP contribution in [0, 0.1) is 0 Å². The van der Waals surface area contributed by atoms with Crippen molar-refractivity contribution in [1.82, 2.24) is 4.90 Å². The van der Waals surface area contributed by atoms with E-state index in [0.29, 0.717) is 11.7 Å². The Morgan fingerprint density at radius 3 is 2.65 bits per heavy atom. The number of phenolic OH excluding ortho intramolecular Hbond substituents is 1. The molecule has 0 heterocycles. The maximum absolute atomic E-state index is 10.4. The molecule has 1 unspecified atom stereocenters. The summed E-state index contributed by atoms with van der Waals surface area (Å²) in [4.78, 5) is 2.09. The molecular weight excluding hydrogens is 266 g/mol. The first-order valence-corrected chi connectivity index (χ1v) is 8.75. The van der Waals surface area contributed by atoms with Gasteiger partial charge in [-0.25, -0.2) is 0 Å². The molecule has 1 atom stereocenters. The van der Waals surface area contributed by atoms with Crippen LogP contribution in [0.1, 0.15) is 50.2 Å². The van der Waals surface area contributed by atoms with E-state index < -0.39 is 0 Å². The van der Waals surface area contributed by atoms with Gasteiger partial charge in [0.25, 0.3) is 0 Å². The van der Waals surface area contributed by atoms with Gasteiger partial charge in [0.2, 0.25) is 0 Å². The molecule has 1 aromatic rings. The number of nitrogens with zero attached hydrogens (tertiary/aromatic N) is 1. The minimum absolute atomic E-state index is 0.406. The lowest BCUT2D eigenvalue weighted by Gasteiger charge is -2.17. The van der Waals surface area contributed by atoms with Crippen LogP contribution in [0.25, 0.3) is 0 Å². The predicted octanol–water partition coefficient (Wildman–Crippen LogP) is 4.48. The first-order valence-electron chi connectivity index (χ1n) is 7.59. The van der Waals surface area contributed by atoms with Crippen molar-refractivity contribution < 1.29 is 5.11 Å². The highest BCUT2D eigenvalue weighted by molar-refractivity contribution is 7.99. The molecule has 0 radical (unpaired) electrons. The summed E-state index contributed by atoms with van der Waals surface area (Å²) in [6.07, 6.45) is 3.91. The van der Waals surface area contributed by atoms with Gasteiger partial charge >= 0.3 is 0 Å². The molecule has 0 spiro atoms. The lowest BCUT2D eigenvalue weighted by Crippen LogP contribution is -2.11. The second kappa shape index (κ2) is 9.30. The summed E-state index contributed by atoms with van der Waals surface area (Å²) >= 11 is 2.00. The van der Waals surface area contributed by atoms with Gasteiger partial charge < -0.3 is 10.0 Å². The fourth-order valence-corrected chi connectivity index (χ4v) is 3.39. The molecule has 0 amide bonds. The van der Waals surface area contributed by atoms with Crippen LogP contribution in [0.2, 0.25) is 0 Å². The van der Waals surface area contributed by atoms with Crippen molar-refractivity contribution in [2.24, 2.45) is 0 Å². The normalized spacial score (nSPS) is 12.8. The van der Waals surface area contributed by atoms with E-state index >= 15 is 0 Å². The summed E-state index contributed by atoms with van der Waals surface area (Å²) in [7, 11) is 4.05. The van der Waals surface area contributed by atoms with Gasteiger partial charge in [-0.1, -0.05) is 44.9 Å². The van der Waals surface area contributed by atoms with Crippen LogP contribution in [0.5, 0.6) is 5.75 Å². The monoisotopic (exact) mass is 295 g/mol. The van der Waals surface area contributed by atoms with Gasteiger partial charge in [-0.3, -0.25) is 0 Å². The summed E-state index contributed by atoms with van der Waals surface area (Å²) in [5, 5.41) is 10.4. The molecule has 3 heteroatoms. The number of rotatable bonds is 9. The molecule has 20 heavy (non-hydrogen) atoms. The molecule has 0 saturated heterocycles. The highest BCUT2D eigenvalue weighted by Gasteiger charge is 2.13. The van der Waals surface area contributed by atoms with Gasteiger partial charge in [0.05, 0.1) is 0 Å². The van der Waals surface area contributed by atoms with Gasteiger partial charge in [-0.15, -0.1) is 0 Å². The maximum Gasteiger partial charge on any atom is 0.123 e. The van der Waals surface area contributed by atoms with Crippen molar-refractivity contribution in [3.63, 3.8) is 0 Å². The molecule has 0 aliphatic rings. The number of thioether (sulfide) groups is 1. The summed E-state index contributed by atoms with van der Waals surface area (Å²) in [6.45, 7) is 5.24. The van der Waals surface area contributed by atoms with Crippen molar-refractivity contribution >= 4 is 11.8 Å². The first-order chi connectivity index (χ1) is 9.56. The van der Waals surface area contributed by atoms with Crippen molar-refractivity contribution in [3.05, 3.63) is 29.3 Å². The molecule has 1 aromatic carbocycles. The van der Waals surface area contributed by atoms with Gasteiger partial charge in [-0.2, -0.15) is 11.8 Å². The maximum atomic E-state index is 10.4. The number of unbranched alkanes of at least 4 members (excludes halogenated alkanes) is 2. The van der Waals surface area contributed by atoms with Gasteiger partial charge in [-0.05, 0) is 37.8 Å². The van der Waals surface area contributed by atoms with E-state index in [1.807, 2.05) is 31.9 Å². The van der Waals surface area contributed by atoms with E-state index in [0.717, 1.165) is 23.4 Å². The first kappa shape index (κ1) is 17.4. The van der Waals surface area contributed by atoms with Crippen LogP contribution in [-0.2, 0) is 6.54 Å².